The van der Waals surface area contributed by atoms with E-state index in [1.165, 1.54) is 29.5 Å². The van der Waals surface area contributed by atoms with E-state index in [4.69, 9.17) is 27.6 Å². The van der Waals surface area contributed by atoms with Crippen LogP contribution in [-0.4, -0.2) is 124 Å². The fourth-order valence-electron chi connectivity index (χ4n) is 9.97. The predicted octanol–water partition coefficient (Wildman–Crippen LogP) is 9.69. The first-order valence-corrected chi connectivity index (χ1v) is 31.4. The van der Waals surface area contributed by atoms with Crippen molar-refractivity contribution >= 4 is 43.8 Å². The van der Waals surface area contributed by atoms with Crippen molar-refractivity contribution in [3.63, 3.8) is 0 Å². The average molecular weight is 1520 g/mol. The Morgan fingerprint density at radius 3 is 1.39 bits per heavy atom. The van der Waals surface area contributed by atoms with Crippen molar-refractivity contribution in [2.24, 2.45) is 7.05 Å². The number of fused-ring (bicyclic) bond motifs is 3. The molecule has 20 nitrogen and oxygen atoms in total. The third kappa shape index (κ3) is 19.9. The number of carbonyl (C=O) groups excluding carboxylic acids is 1. The third-order valence-corrected chi connectivity index (χ3v) is 14.9. The molecule has 0 saturated carbocycles. The van der Waals surface area contributed by atoms with Crippen molar-refractivity contribution in [1.29, 1.82) is 1.34 Å². The number of aldehydes is 1. The van der Waals surface area contributed by atoms with E-state index >= 15 is 0 Å². The van der Waals surface area contributed by atoms with Gasteiger partial charge in [-0.15, -0.1) is 5.10 Å². The summed E-state index contributed by atoms with van der Waals surface area (Å²) in [5, 5.41) is 27.3. The van der Waals surface area contributed by atoms with Crippen molar-refractivity contribution < 1.29 is 58.8 Å². The van der Waals surface area contributed by atoms with Gasteiger partial charge in [0.1, 0.15) is 5.82 Å². The van der Waals surface area contributed by atoms with Crippen LogP contribution in [0.4, 0.5) is 4.39 Å². The molecular formula is C70H86BClFN18O2U-. The Morgan fingerprint density at radius 1 is 0.511 bits per heavy atom. The van der Waals surface area contributed by atoms with E-state index in [9.17, 15) is 9.18 Å². The molecule has 24 heteroatoms. The first kappa shape index (κ1) is 73.1. The minimum absolute atomic E-state index is 0. The number of nitrogens with zero attached hydrogens (tertiary/aromatic N) is 18. The molecule has 1 aliphatic heterocycles. The molecule has 0 atom stereocenters. The minimum Gasteiger partial charge on any atom is -1.00 e. The van der Waals surface area contributed by atoms with E-state index in [1.807, 2.05) is 142 Å². The van der Waals surface area contributed by atoms with E-state index in [-0.39, 0.29) is 43.5 Å². The topological polar surface area (TPSA) is 209 Å². The Morgan fingerprint density at radius 2 is 0.936 bits per heavy atom. The normalized spacial score (nSPS) is 11.6. The van der Waals surface area contributed by atoms with Crippen LogP contribution in [0.1, 0.15) is 142 Å². The summed E-state index contributed by atoms with van der Waals surface area (Å²) in [6.45, 7) is 22.4. The Kier molecular flexibility index (Phi) is 30.1. The largest absolute Gasteiger partial charge is 1.00 e. The molecule has 3 aromatic carbocycles. The number of halogens is 2. The Labute approximate surface area is 585 Å². The molecule has 94 heavy (non-hydrogen) atoms. The number of rotatable bonds is 17. The van der Waals surface area contributed by atoms with E-state index in [1.54, 1.807) is 9.36 Å². The first-order chi connectivity index (χ1) is 45.9. The van der Waals surface area contributed by atoms with Crippen LogP contribution in [0, 0.1) is 51.9 Å². The van der Waals surface area contributed by atoms with Gasteiger partial charge >= 0.3 is 0 Å². The van der Waals surface area contributed by atoms with Crippen LogP contribution in [0.5, 0.6) is 0 Å². The number of benzene rings is 3. The standard InChI is InChI=1S/C22H26N6.C20H20N6.C12H13N3O.C11H15N3.C4H8O.CH3F.BH.ClH.U/c1-4-15-27-20(24-21(26-27)18-9-7-6-8-10-18)14-13-19-23-22-17(5-2)12-11-16(3)28(22)25-19;1-4-15-11-10-14(2)26-20(15)21-17(23-26)12-13-18-22-19(24-25(18)3)16-8-6-5-7-9-16;1-2-8-15-11(9-16)13-12(14-15)10-6-4-3-5-7-10;1-4-9-7-6-8(3)14-11(9)12-10(5-2)13-14;1-2-4-5-3-1;1-2;;;/h6-12H,4-5,13-15H2,1-3H3;5-13H,4H2,1-3H3;3-7,9H,2,8H2,1H3;6-7H,4-5H2,1-3H3;1-4H2;1H3;2*1H;/p-1/b;13-12+;;;;;;;/i;;;;;2*1D;;. The van der Waals surface area contributed by atoms with Crippen LogP contribution >= 0.6 is 0 Å². The van der Waals surface area contributed by atoms with E-state index < -0.39 is 7.15 Å². The van der Waals surface area contributed by atoms with Gasteiger partial charge in [0.25, 0.3) is 0 Å². The molecule has 1 saturated heterocycles. The van der Waals surface area contributed by atoms with Gasteiger partial charge in [0.05, 0.1) is 8.52 Å². The second-order valence-electron chi connectivity index (χ2n) is 21.5. The monoisotopic (exact) mass is 1520 g/mol. The van der Waals surface area contributed by atoms with Gasteiger partial charge in [-0.25, -0.2) is 57.5 Å². The number of alkyl halides is 1. The summed E-state index contributed by atoms with van der Waals surface area (Å²) in [5.74, 6) is 6.69. The van der Waals surface area contributed by atoms with Gasteiger partial charge < -0.3 is 17.1 Å². The van der Waals surface area contributed by atoms with Gasteiger partial charge in [0.2, 0.25) is 0 Å². The molecule has 9 aromatic heterocycles. The summed E-state index contributed by atoms with van der Waals surface area (Å²) >= 11 is 0. The number of carbonyl (C=O) groups is 1. The fourth-order valence-corrected chi connectivity index (χ4v) is 9.97. The summed E-state index contributed by atoms with van der Waals surface area (Å²) in [6.07, 6.45) is 14.3. The number of hydrogen-bond donors (Lipinski definition) is 0. The average Bonchev–Trinajstić information content (AvgIpc) is 1.72. The van der Waals surface area contributed by atoms with Crippen LogP contribution < -0.4 is 12.4 Å². The molecule has 0 unspecified atom stereocenters. The molecule has 490 valence electrons. The zero-order valence-electron chi connectivity index (χ0n) is 57.7. The van der Waals surface area contributed by atoms with E-state index in [0.29, 0.717) is 29.8 Å². The van der Waals surface area contributed by atoms with Crippen LogP contribution in [-0.2, 0) is 63.4 Å². The van der Waals surface area contributed by atoms with Crippen molar-refractivity contribution in [2.45, 2.75) is 140 Å². The maximum absolute atomic E-state index is 10.8. The number of hydrogen-bond acceptors (Lipinski definition) is 14. The summed E-state index contributed by atoms with van der Waals surface area (Å²) in [4.78, 5) is 38.4. The summed E-state index contributed by atoms with van der Waals surface area (Å²) in [6, 6.07) is 42.4. The molecule has 10 heterocycles. The number of aromatic nitrogens is 18. The van der Waals surface area contributed by atoms with E-state index in [2.05, 4.69) is 134 Å². The van der Waals surface area contributed by atoms with E-state index in [0.717, 1.165) is 157 Å². The van der Waals surface area contributed by atoms with Crippen molar-refractivity contribution in [2.75, 3.05) is 20.4 Å². The molecular weight excluding hydrogens is 1430 g/mol. The zero-order valence-corrected chi connectivity index (χ0v) is 60.6. The summed E-state index contributed by atoms with van der Waals surface area (Å²) in [5.41, 5.74) is 12.9. The molecule has 1 aliphatic rings. The molecule has 0 spiro atoms. The Balaban J connectivity index is 0.000000225. The Hall–Kier alpha value is -8.35. The molecule has 12 aromatic rings. The van der Waals surface area contributed by atoms with Crippen LogP contribution in [0.2, 0.25) is 0 Å². The Bertz CT molecular complexity index is 4280. The molecule has 13 rings (SSSR count). The van der Waals surface area contributed by atoms with Crippen molar-refractivity contribution in [3.05, 3.63) is 196 Å². The molecule has 0 N–H and O–H groups in total. The smallest absolute Gasteiger partial charge is 0.191 e. The SMILES string of the molecule is C1CCOC1.CCCn1nc(-c2ccccc2)nc1C=O.CCCn1nc(-c2ccccc2)nc1CCc1nc2c(CC)ccc(C)n2n1.CCc1ccc(C)n2nc(/C=C/c3nc(-c4ccccc4)nn3C)nc12.CCc1nc2c(CC)ccc(C)n2n1.[2H]CF.[2H][B].[Cl-].[U]. The molecule has 1 fully saturated rings. The summed E-state index contributed by atoms with van der Waals surface area (Å²) < 4.78 is 36.9. The van der Waals surface area contributed by atoms with Crippen LogP contribution in [0.25, 0.3) is 63.3 Å². The van der Waals surface area contributed by atoms with Gasteiger partial charge in [0.15, 0.2) is 69.8 Å². The minimum atomic E-state index is -1.00. The maximum atomic E-state index is 10.8. The van der Waals surface area contributed by atoms with Crippen LogP contribution in [0.3, 0.4) is 0 Å². The molecule has 0 aliphatic carbocycles. The number of pyridine rings is 3. The van der Waals surface area contributed by atoms with Gasteiger partial charge in [-0.2, -0.15) is 25.5 Å². The molecule has 2 radical (unpaired) electrons. The quantitative estimate of drug-likeness (QED) is 0.0614. The van der Waals surface area contributed by atoms with Crippen molar-refractivity contribution in [1.82, 2.24) is 88.1 Å². The van der Waals surface area contributed by atoms with Gasteiger partial charge in [-0.05, 0) is 114 Å². The van der Waals surface area contributed by atoms with Gasteiger partial charge in [0, 0.05) is 126 Å². The predicted molar refractivity (Wildman–Crippen MR) is 365 cm³/mol. The van der Waals surface area contributed by atoms with Crippen molar-refractivity contribution in [3.8, 4) is 34.2 Å². The number of aryl methyl sites for hydroxylation is 12. The second-order valence-corrected chi connectivity index (χ2v) is 21.5. The molecule has 0 bridgehead atoms. The first-order valence-electron chi connectivity index (χ1n) is 32.7. The summed E-state index contributed by atoms with van der Waals surface area (Å²) in [7, 11) is 4.63. The maximum Gasteiger partial charge on any atom is 0.191 e. The fraction of sp³-hybridized carbons (Fsp3) is 0.357. The van der Waals surface area contributed by atoms with Gasteiger partial charge in [-0.1, -0.05) is 151 Å². The zero-order chi connectivity index (χ0) is 67.4. The molecule has 0 amide bonds. The third-order valence-electron chi connectivity index (χ3n) is 14.9. The van der Waals surface area contributed by atoms with Crippen LogP contribution in [0.15, 0.2) is 127 Å². The second kappa shape index (κ2) is 38.7. The van der Waals surface area contributed by atoms with Gasteiger partial charge in [-0.3, -0.25) is 9.18 Å². The number of ether oxygens (including phenoxy) is 1.